The topological polar surface area (TPSA) is 76.0 Å². The van der Waals surface area contributed by atoms with Gasteiger partial charge >= 0.3 is 0 Å². The second kappa shape index (κ2) is 8.44. The van der Waals surface area contributed by atoms with Crippen molar-refractivity contribution in [1.29, 1.82) is 0 Å². The summed E-state index contributed by atoms with van der Waals surface area (Å²) in [6, 6.07) is 13.4. The SMILES string of the molecule is CC(=O)NCCCc1nc2ccccc2n1CC(=O)Nc1cccc(F)c1. The molecule has 0 unspecified atom stereocenters. The molecule has 2 aromatic carbocycles. The number of amides is 2. The number of aryl methyl sites for hydroxylation is 1. The molecule has 27 heavy (non-hydrogen) atoms. The Morgan fingerprint density at radius 3 is 2.74 bits per heavy atom. The Bertz CT molecular complexity index is 968. The third-order valence-corrected chi connectivity index (χ3v) is 4.09. The van der Waals surface area contributed by atoms with Crippen molar-refractivity contribution in [3.8, 4) is 0 Å². The van der Waals surface area contributed by atoms with Crippen LogP contribution >= 0.6 is 0 Å². The molecule has 0 atom stereocenters. The van der Waals surface area contributed by atoms with Gasteiger partial charge in [0, 0.05) is 25.6 Å². The first-order valence-corrected chi connectivity index (χ1v) is 8.77. The summed E-state index contributed by atoms with van der Waals surface area (Å²) < 4.78 is 15.2. The highest BCUT2D eigenvalue weighted by Gasteiger charge is 2.14. The molecule has 0 bridgehead atoms. The van der Waals surface area contributed by atoms with Crippen LogP contribution < -0.4 is 10.6 Å². The zero-order valence-electron chi connectivity index (χ0n) is 15.0. The standard InChI is InChI=1S/C20H21FN4O2/c1-14(26)22-11-5-10-19-24-17-8-2-3-9-18(17)25(19)13-20(27)23-16-7-4-6-15(21)12-16/h2-4,6-9,12H,5,10-11,13H2,1H3,(H,22,26)(H,23,27). The molecule has 140 valence electrons. The summed E-state index contributed by atoms with van der Waals surface area (Å²) in [6.45, 7) is 2.10. The van der Waals surface area contributed by atoms with Crippen LogP contribution in [0.15, 0.2) is 48.5 Å². The summed E-state index contributed by atoms with van der Waals surface area (Å²) in [5.74, 6) is 0.0420. The van der Waals surface area contributed by atoms with Crippen LogP contribution in [0.25, 0.3) is 11.0 Å². The van der Waals surface area contributed by atoms with Crippen molar-refractivity contribution in [2.75, 3.05) is 11.9 Å². The lowest BCUT2D eigenvalue weighted by Crippen LogP contribution is -2.23. The lowest BCUT2D eigenvalue weighted by atomic mass is 10.3. The largest absolute Gasteiger partial charge is 0.356 e. The first kappa shape index (κ1) is 18.6. The molecular weight excluding hydrogens is 347 g/mol. The van der Waals surface area contributed by atoms with E-state index in [-0.39, 0.29) is 18.4 Å². The minimum Gasteiger partial charge on any atom is -0.356 e. The summed E-state index contributed by atoms with van der Waals surface area (Å²) in [6.07, 6.45) is 1.34. The first-order chi connectivity index (χ1) is 13.0. The molecule has 0 fully saturated rings. The highest BCUT2D eigenvalue weighted by molar-refractivity contribution is 5.91. The fourth-order valence-corrected chi connectivity index (χ4v) is 2.91. The van der Waals surface area contributed by atoms with Crippen molar-refractivity contribution in [1.82, 2.24) is 14.9 Å². The molecule has 0 aliphatic heterocycles. The van der Waals surface area contributed by atoms with Gasteiger partial charge in [-0.15, -0.1) is 0 Å². The molecule has 2 N–H and O–H groups in total. The number of imidazole rings is 1. The number of hydrogen-bond acceptors (Lipinski definition) is 3. The van der Waals surface area contributed by atoms with Gasteiger partial charge < -0.3 is 15.2 Å². The fourth-order valence-electron chi connectivity index (χ4n) is 2.91. The van der Waals surface area contributed by atoms with Gasteiger partial charge in [0.2, 0.25) is 11.8 Å². The van der Waals surface area contributed by atoms with Gasteiger partial charge in [0.15, 0.2) is 0 Å². The lowest BCUT2D eigenvalue weighted by molar-refractivity contribution is -0.119. The Morgan fingerprint density at radius 1 is 1.15 bits per heavy atom. The number of anilines is 1. The quantitative estimate of drug-likeness (QED) is 0.630. The Labute approximate surface area is 156 Å². The van der Waals surface area contributed by atoms with Crippen LogP contribution in [0.2, 0.25) is 0 Å². The Morgan fingerprint density at radius 2 is 1.96 bits per heavy atom. The summed E-state index contributed by atoms with van der Waals surface area (Å²) in [4.78, 5) is 28.1. The van der Waals surface area contributed by atoms with Crippen molar-refractivity contribution in [3.05, 3.63) is 60.2 Å². The highest BCUT2D eigenvalue weighted by Crippen LogP contribution is 2.18. The molecule has 3 aromatic rings. The van der Waals surface area contributed by atoms with E-state index in [0.29, 0.717) is 25.1 Å². The fraction of sp³-hybridized carbons (Fsp3) is 0.250. The highest BCUT2D eigenvalue weighted by atomic mass is 19.1. The predicted molar refractivity (Wildman–Crippen MR) is 102 cm³/mol. The minimum atomic E-state index is -0.403. The first-order valence-electron chi connectivity index (χ1n) is 8.77. The number of carbonyl (C=O) groups is 2. The molecular formula is C20H21FN4O2. The summed E-state index contributed by atoms with van der Waals surface area (Å²) in [5, 5.41) is 5.47. The number of aromatic nitrogens is 2. The van der Waals surface area contributed by atoms with E-state index in [4.69, 9.17) is 0 Å². The summed E-state index contributed by atoms with van der Waals surface area (Å²) in [7, 11) is 0. The number of rotatable bonds is 7. The van der Waals surface area contributed by atoms with Gasteiger partial charge in [-0.2, -0.15) is 0 Å². The van der Waals surface area contributed by atoms with Crippen LogP contribution in [0.3, 0.4) is 0 Å². The molecule has 0 radical (unpaired) electrons. The van der Waals surface area contributed by atoms with E-state index in [2.05, 4.69) is 15.6 Å². The van der Waals surface area contributed by atoms with Crippen molar-refractivity contribution in [2.24, 2.45) is 0 Å². The van der Waals surface area contributed by atoms with Crippen molar-refractivity contribution < 1.29 is 14.0 Å². The number of benzene rings is 2. The van der Waals surface area contributed by atoms with E-state index in [1.165, 1.54) is 19.1 Å². The zero-order valence-corrected chi connectivity index (χ0v) is 15.0. The lowest BCUT2D eigenvalue weighted by Gasteiger charge is -2.10. The molecule has 0 saturated heterocycles. The van der Waals surface area contributed by atoms with E-state index in [0.717, 1.165) is 16.9 Å². The maximum Gasteiger partial charge on any atom is 0.244 e. The Hall–Kier alpha value is -3.22. The van der Waals surface area contributed by atoms with Gasteiger partial charge in [0.25, 0.3) is 0 Å². The van der Waals surface area contributed by atoms with E-state index >= 15 is 0 Å². The molecule has 1 aromatic heterocycles. The molecule has 0 saturated carbocycles. The predicted octanol–water partition coefficient (Wildman–Crippen LogP) is 2.88. The average molecular weight is 368 g/mol. The van der Waals surface area contributed by atoms with Crippen LogP contribution in [0, 0.1) is 5.82 Å². The molecule has 1 heterocycles. The van der Waals surface area contributed by atoms with E-state index < -0.39 is 5.82 Å². The second-order valence-electron chi connectivity index (χ2n) is 6.25. The molecule has 6 nitrogen and oxygen atoms in total. The monoisotopic (exact) mass is 368 g/mol. The number of para-hydroxylation sites is 2. The maximum absolute atomic E-state index is 13.3. The minimum absolute atomic E-state index is 0.0713. The van der Waals surface area contributed by atoms with Crippen LogP contribution in [0.1, 0.15) is 19.2 Å². The Balaban J connectivity index is 1.76. The molecule has 0 spiro atoms. The second-order valence-corrected chi connectivity index (χ2v) is 6.25. The van der Waals surface area contributed by atoms with Crippen LogP contribution in [0.4, 0.5) is 10.1 Å². The molecule has 0 aliphatic carbocycles. The number of fused-ring (bicyclic) bond motifs is 1. The average Bonchev–Trinajstić information content (AvgIpc) is 2.96. The van der Waals surface area contributed by atoms with Gasteiger partial charge in [-0.3, -0.25) is 9.59 Å². The van der Waals surface area contributed by atoms with Crippen LogP contribution in [-0.4, -0.2) is 27.9 Å². The molecule has 2 amide bonds. The number of nitrogens with one attached hydrogen (secondary N) is 2. The van der Waals surface area contributed by atoms with Crippen LogP contribution in [-0.2, 0) is 22.6 Å². The number of carbonyl (C=O) groups excluding carboxylic acids is 2. The number of halogens is 1. The smallest absolute Gasteiger partial charge is 0.244 e. The zero-order chi connectivity index (χ0) is 19.2. The molecule has 3 rings (SSSR count). The van der Waals surface area contributed by atoms with Crippen molar-refractivity contribution >= 4 is 28.5 Å². The summed E-state index contributed by atoms with van der Waals surface area (Å²) in [5.41, 5.74) is 2.09. The third kappa shape index (κ3) is 4.91. The summed E-state index contributed by atoms with van der Waals surface area (Å²) >= 11 is 0. The van der Waals surface area contributed by atoms with Crippen molar-refractivity contribution in [2.45, 2.75) is 26.3 Å². The van der Waals surface area contributed by atoms with Gasteiger partial charge in [-0.1, -0.05) is 18.2 Å². The number of nitrogens with zero attached hydrogens (tertiary/aromatic N) is 2. The van der Waals surface area contributed by atoms with Gasteiger partial charge in [-0.25, -0.2) is 9.37 Å². The molecule has 0 aliphatic rings. The Kier molecular flexibility index (Phi) is 5.80. The maximum atomic E-state index is 13.3. The van der Waals surface area contributed by atoms with Gasteiger partial charge in [-0.05, 0) is 36.8 Å². The van der Waals surface area contributed by atoms with E-state index in [1.54, 1.807) is 12.1 Å². The van der Waals surface area contributed by atoms with Gasteiger partial charge in [0.1, 0.15) is 18.2 Å². The number of hydrogen-bond donors (Lipinski definition) is 2. The normalized spacial score (nSPS) is 10.7. The third-order valence-electron chi connectivity index (χ3n) is 4.09. The van der Waals surface area contributed by atoms with E-state index in [1.807, 2.05) is 28.8 Å². The van der Waals surface area contributed by atoms with Crippen molar-refractivity contribution in [3.63, 3.8) is 0 Å². The molecule has 7 heteroatoms. The van der Waals surface area contributed by atoms with E-state index in [9.17, 15) is 14.0 Å². The van der Waals surface area contributed by atoms with Crippen LogP contribution in [0.5, 0.6) is 0 Å². The van der Waals surface area contributed by atoms with Gasteiger partial charge in [0.05, 0.1) is 11.0 Å².